The molecule has 5 heteroatoms. The van der Waals surface area contributed by atoms with Crippen LogP contribution >= 0.6 is 11.6 Å². The van der Waals surface area contributed by atoms with Gasteiger partial charge in [0.25, 0.3) is 0 Å². The van der Waals surface area contributed by atoms with Crippen molar-refractivity contribution in [1.82, 2.24) is 4.98 Å². The van der Waals surface area contributed by atoms with Crippen molar-refractivity contribution in [2.45, 2.75) is 6.92 Å². The molecule has 17 heavy (non-hydrogen) atoms. The lowest BCUT2D eigenvalue weighted by Crippen LogP contribution is -2.09. The van der Waals surface area contributed by atoms with Crippen molar-refractivity contribution in [3.05, 3.63) is 35.0 Å². The molecule has 0 aliphatic carbocycles. The van der Waals surface area contributed by atoms with Crippen LogP contribution in [0.4, 0.5) is 0 Å². The maximum absolute atomic E-state index is 10.5. The highest BCUT2D eigenvalue weighted by molar-refractivity contribution is 6.31. The number of hydrogen-bond acceptors (Lipinski definition) is 3. The SMILES string of the molecule is Cc1cc(OCC(=O)O)c2ccc(Cl)cc2n1. The normalized spacial score (nSPS) is 10.5. The number of aliphatic carboxylic acids is 1. The van der Waals surface area contributed by atoms with Gasteiger partial charge in [-0.2, -0.15) is 0 Å². The first-order valence-corrected chi connectivity index (χ1v) is 5.35. The number of carboxylic acid groups (broad SMARTS) is 1. The first kappa shape index (κ1) is 11.7. The second-order valence-electron chi connectivity index (χ2n) is 3.61. The molecule has 0 unspecified atom stereocenters. The zero-order chi connectivity index (χ0) is 12.4. The fourth-order valence-corrected chi connectivity index (χ4v) is 1.72. The van der Waals surface area contributed by atoms with E-state index in [4.69, 9.17) is 21.4 Å². The van der Waals surface area contributed by atoms with Crippen LogP contribution < -0.4 is 4.74 Å². The Balaban J connectivity index is 2.50. The molecule has 1 aromatic carbocycles. The zero-order valence-electron chi connectivity index (χ0n) is 9.11. The third-order valence-electron chi connectivity index (χ3n) is 2.21. The van der Waals surface area contributed by atoms with Gasteiger partial charge >= 0.3 is 5.97 Å². The van der Waals surface area contributed by atoms with Gasteiger partial charge in [-0.15, -0.1) is 0 Å². The van der Waals surface area contributed by atoms with Gasteiger partial charge in [-0.05, 0) is 25.1 Å². The van der Waals surface area contributed by atoms with Gasteiger partial charge in [-0.25, -0.2) is 4.79 Å². The van der Waals surface area contributed by atoms with Gasteiger partial charge in [-0.1, -0.05) is 11.6 Å². The number of rotatable bonds is 3. The van der Waals surface area contributed by atoms with E-state index in [0.717, 1.165) is 11.1 Å². The monoisotopic (exact) mass is 251 g/mol. The van der Waals surface area contributed by atoms with Crippen LogP contribution in [0.15, 0.2) is 24.3 Å². The molecular formula is C12H10ClNO3. The number of ether oxygens (including phenoxy) is 1. The van der Waals surface area contributed by atoms with Gasteiger partial charge in [0.2, 0.25) is 0 Å². The van der Waals surface area contributed by atoms with Crippen LogP contribution in [-0.2, 0) is 4.79 Å². The summed E-state index contributed by atoms with van der Waals surface area (Å²) in [6.07, 6.45) is 0. The molecule has 88 valence electrons. The van der Waals surface area contributed by atoms with Crippen LogP contribution in [0.3, 0.4) is 0 Å². The van der Waals surface area contributed by atoms with Crippen LogP contribution in [0.1, 0.15) is 5.69 Å². The minimum Gasteiger partial charge on any atom is -0.481 e. The Bertz CT molecular complexity index is 578. The Morgan fingerprint density at radius 3 is 2.94 bits per heavy atom. The van der Waals surface area contributed by atoms with Crippen molar-refractivity contribution in [2.75, 3.05) is 6.61 Å². The highest BCUT2D eigenvalue weighted by Crippen LogP contribution is 2.27. The molecule has 0 saturated heterocycles. The molecule has 0 atom stereocenters. The molecule has 0 bridgehead atoms. The summed E-state index contributed by atoms with van der Waals surface area (Å²) in [4.78, 5) is 14.8. The number of nitrogens with zero attached hydrogens (tertiary/aromatic N) is 1. The Kier molecular flexibility index (Phi) is 3.15. The van der Waals surface area contributed by atoms with Crippen molar-refractivity contribution in [2.24, 2.45) is 0 Å². The van der Waals surface area contributed by atoms with Crippen molar-refractivity contribution < 1.29 is 14.6 Å². The van der Waals surface area contributed by atoms with Gasteiger partial charge in [0.1, 0.15) is 5.75 Å². The smallest absolute Gasteiger partial charge is 0.341 e. The first-order chi connectivity index (χ1) is 8.06. The van der Waals surface area contributed by atoms with Crippen LogP contribution in [-0.4, -0.2) is 22.7 Å². The van der Waals surface area contributed by atoms with Crippen molar-refractivity contribution in [3.8, 4) is 5.75 Å². The summed E-state index contributed by atoms with van der Waals surface area (Å²) in [6, 6.07) is 6.91. The highest BCUT2D eigenvalue weighted by Gasteiger charge is 2.07. The first-order valence-electron chi connectivity index (χ1n) is 4.98. The number of carbonyl (C=O) groups is 1. The molecule has 2 aromatic rings. The quantitative estimate of drug-likeness (QED) is 0.911. The molecule has 1 N–H and O–H groups in total. The van der Waals surface area contributed by atoms with Gasteiger partial charge in [-0.3, -0.25) is 4.98 Å². The molecule has 1 aromatic heterocycles. The lowest BCUT2D eigenvalue weighted by Gasteiger charge is -2.08. The molecule has 1 heterocycles. The summed E-state index contributed by atoms with van der Waals surface area (Å²) in [6.45, 7) is 1.44. The molecule has 0 spiro atoms. The average Bonchev–Trinajstić information content (AvgIpc) is 2.24. The number of aromatic nitrogens is 1. The van der Waals surface area contributed by atoms with Crippen LogP contribution in [0.2, 0.25) is 5.02 Å². The maximum Gasteiger partial charge on any atom is 0.341 e. The van der Waals surface area contributed by atoms with E-state index < -0.39 is 5.97 Å². The second-order valence-corrected chi connectivity index (χ2v) is 4.04. The number of aryl methyl sites for hydroxylation is 1. The third kappa shape index (κ3) is 2.65. The number of benzene rings is 1. The Hall–Kier alpha value is -1.81. The number of carboxylic acids is 1. The predicted molar refractivity (Wildman–Crippen MR) is 64.6 cm³/mol. The highest BCUT2D eigenvalue weighted by atomic mass is 35.5. The summed E-state index contributed by atoms with van der Waals surface area (Å²) < 4.78 is 5.22. The van der Waals surface area contributed by atoms with E-state index in [1.807, 2.05) is 6.92 Å². The molecule has 0 amide bonds. The molecule has 0 aliphatic rings. The molecular weight excluding hydrogens is 242 g/mol. The fraction of sp³-hybridized carbons (Fsp3) is 0.167. The summed E-state index contributed by atoms with van der Waals surface area (Å²) in [7, 11) is 0. The Morgan fingerprint density at radius 1 is 1.47 bits per heavy atom. The topological polar surface area (TPSA) is 59.4 Å². The van der Waals surface area contributed by atoms with Crippen LogP contribution in [0.5, 0.6) is 5.75 Å². The van der Waals surface area contributed by atoms with E-state index in [2.05, 4.69) is 4.98 Å². The van der Waals surface area contributed by atoms with Crippen molar-refractivity contribution >= 4 is 28.5 Å². The fourth-order valence-electron chi connectivity index (χ4n) is 1.55. The predicted octanol–water partition coefficient (Wildman–Crippen LogP) is 2.66. The Morgan fingerprint density at radius 2 is 2.24 bits per heavy atom. The summed E-state index contributed by atoms with van der Waals surface area (Å²) in [5, 5.41) is 9.93. The third-order valence-corrected chi connectivity index (χ3v) is 2.45. The van der Waals surface area contributed by atoms with E-state index >= 15 is 0 Å². The van der Waals surface area contributed by atoms with Crippen LogP contribution in [0, 0.1) is 6.92 Å². The number of hydrogen-bond donors (Lipinski definition) is 1. The van der Waals surface area contributed by atoms with Crippen LogP contribution in [0.25, 0.3) is 10.9 Å². The maximum atomic E-state index is 10.5. The lowest BCUT2D eigenvalue weighted by atomic mass is 10.2. The van der Waals surface area contributed by atoms with Gasteiger partial charge in [0.15, 0.2) is 6.61 Å². The van der Waals surface area contributed by atoms with E-state index in [0.29, 0.717) is 16.3 Å². The zero-order valence-corrected chi connectivity index (χ0v) is 9.86. The summed E-state index contributed by atoms with van der Waals surface area (Å²) in [5.41, 5.74) is 1.44. The minimum atomic E-state index is -1.01. The van der Waals surface area contributed by atoms with E-state index in [9.17, 15) is 4.79 Å². The average molecular weight is 252 g/mol. The van der Waals surface area contributed by atoms with E-state index in [-0.39, 0.29) is 6.61 Å². The summed E-state index contributed by atoms with van der Waals surface area (Å²) in [5.74, 6) is -0.506. The van der Waals surface area contributed by atoms with E-state index in [1.54, 1.807) is 24.3 Å². The van der Waals surface area contributed by atoms with Crippen molar-refractivity contribution in [3.63, 3.8) is 0 Å². The summed E-state index contributed by atoms with van der Waals surface area (Å²) >= 11 is 5.88. The van der Waals surface area contributed by atoms with Gasteiger partial charge < -0.3 is 9.84 Å². The number of fused-ring (bicyclic) bond motifs is 1. The molecule has 0 radical (unpaired) electrons. The number of halogens is 1. The molecule has 4 nitrogen and oxygen atoms in total. The Labute approximate surface area is 103 Å². The second kappa shape index (κ2) is 4.59. The largest absolute Gasteiger partial charge is 0.481 e. The van der Waals surface area contributed by atoms with Crippen molar-refractivity contribution in [1.29, 1.82) is 0 Å². The number of pyridine rings is 1. The molecule has 0 fully saturated rings. The van der Waals surface area contributed by atoms with Gasteiger partial charge in [0, 0.05) is 22.2 Å². The molecule has 0 saturated carbocycles. The standard InChI is InChI=1S/C12H10ClNO3/c1-7-4-11(17-6-12(15)16)9-3-2-8(13)5-10(9)14-7/h2-5H,6H2,1H3,(H,15,16). The minimum absolute atomic E-state index is 0.374. The molecule has 0 aliphatic heterocycles. The van der Waals surface area contributed by atoms with Gasteiger partial charge in [0.05, 0.1) is 5.52 Å². The van der Waals surface area contributed by atoms with E-state index in [1.165, 1.54) is 0 Å². The lowest BCUT2D eigenvalue weighted by molar-refractivity contribution is -0.139. The molecule has 2 rings (SSSR count).